The summed E-state index contributed by atoms with van der Waals surface area (Å²) in [5.74, 6) is 0. The summed E-state index contributed by atoms with van der Waals surface area (Å²) in [6, 6.07) is 9.54. The van der Waals surface area contributed by atoms with Crippen LogP contribution in [0.4, 0.5) is 4.79 Å². The van der Waals surface area contributed by atoms with Gasteiger partial charge >= 0.3 is 6.03 Å². The average molecular weight is 260 g/mol. The van der Waals surface area contributed by atoms with Crippen LogP contribution in [-0.4, -0.2) is 17.3 Å². The summed E-state index contributed by atoms with van der Waals surface area (Å²) in [5.41, 5.74) is 1.32. The lowest BCUT2D eigenvalue weighted by atomic mass is 9.85. The van der Waals surface area contributed by atoms with Crippen LogP contribution < -0.4 is 5.32 Å². The van der Waals surface area contributed by atoms with Crippen LogP contribution in [-0.2, 0) is 0 Å². The molecule has 0 aliphatic carbocycles. The fourth-order valence-corrected chi connectivity index (χ4v) is 1.71. The van der Waals surface area contributed by atoms with E-state index in [0.29, 0.717) is 0 Å². The third-order valence-electron chi connectivity index (χ3n) is 2.45. The molecule has 0 fully saturated rings. The van der Waals surface area contributed by atoms with E-state index in [0.717, 1.165) is 11.3 Å². The first-order valence-electron chi connectivity index (χ1n) is 6.56. The molecule has 1 aromatic carbocycles. The van der Waals surface area contributed by atoms with Crippen LogP contribution in [0.25, 0.3) is 0 Å². The molecule has 0 unspecified atom stereocenters. The van der Waals surface area contributed by atoms with Crippen molar-refractivity contribution < 1.29 is 4.79 Å². The third-order valence-corrected chi connectivity index (χ3v) is 2.45. The summed E-state index contributed by atoms with van der Waals surface area (Å²) in [4.78, 5) is 16.3. The van der Waals surface area contributed by atoms with E-state index in [1.165, 1.54) is 0 Å². The molecule has 0 atom stereocenters. The summed E-state index contributed by atoms with van der Waals surface area (Å²) < 4.78 is 0. The lowest BCUT2D eigenvalue weighted by molar-refractivity contribution is 0.240. The van der Waals surface area contributed by atoms with Gasteiger partial charge in [0.15, 0.2) is 0 Å². The zero-order valence-electron chi connectivity index (χ0n) is 12.7. The summed E-state index contributed by atoms with van der Waals surface area (Å²) >= 11 is 0. The van der Waals surface area contributed by atoms with Crippen molar-refractivity contribution in [2.24, 2.45) is 10.4 Å². The lowest BCUT2D eigenvalue weighted by Crippen LogP contribution is -2.40. The predicted molar refractivity (Wildman–Crippen MR) is 80.7 cm³/mol. The maximum Gasteiger partial charge on any atom is 0.341 e. The Morgan fingerprint density at radius 1 is 1.00 bits per heavy atom. The third kappa shape index (κ3) is 5.25. The second kappa shape index (κ2) is 5.55. The molecule has 0 saturated heterocycles. The SMILES string of the molecule is CC(C)(C)NC(=O)/N=C(/c1ccccc1)C(C)(C)C. The molecule has 1 rings (SSSR count). The van der Waals surface area contributed by atoms with Gasteiger partial charge in [0, 0.05) is 11.0 Å². The number of nitrogens with one attached hydrogen (secondary N) is 1. The van der Waals surface area contributed by atoms with Crippen molar-refractivity contribution in [2.75, 3.05) is 0 Å². The van der Waals surface area contributed by atoms with Gasteiger partial charge in [0.05, 0.1) is 5.71 Å². The number of nitrogens with zero attached hydrogens (tertiary/aromatic N) is 1. The van der Waals surface area contributed by atoms with Gasteiger partial charge in [-0.2, -0.15) is 4.99 Å². The molecule has 0 aromatic heterocycles. The van der Waals surface area contributed by atoms with E-state index in [1.54, 1.807) is 0 Å². The Balaban J connectivity index is 3.10. The molecule has 104 valence electrons. The van der Waals surface area contributed by atoms with E-state index in [1.807, 2.05) is 51.1 Å². The number of rotatable bonds is 1. The largest absolute Gasteiger partial charge is 0.341 e. The van der Waals surface area contributed by atoms with Gasteiger partial charge in [-0.1, -0.05) is 51.1 Å². The molecule has 3 nitrogen and oxygen atoms in total. The second-order valence-corrected chi connectivity index (χ2v) is 6.76. The quantitative estimate of drug-likeness (QED) is 0.761. The molecule has 0 heterocycles. The molecule has 0 bridgehead atoms. The smallest absolute Gasteiger partial charge is 0.332 e. The van der Waals surface area contributed by atoms with E-state index in [9.17, 15) is 4.79 Å². The van der Waals surface area contributed by atoms with Crippen LogP contribution in [0.15, 0.2) is 35.3 Å². The maximum atomic E-state index is 12.0. The van der Waals surface area contributed by atoms with Gasteiger partial charge in [0.2, 0.25) is 0 Å². The Hall–Kier alpha value is -1.64. The Morgan fingerprint density at radius 2 is 1.53 bits per heavy atom. The molecular weight excluding hydrogens is 236 g/mol. The van der Waals surface area contributed by atoms with Gasteiger partial charge in [0.25, 0.3) is 0 Å². The molecular formula is C16H24N2O. The normalized spacial score (nSPS) is 13.3. The molecule has 3 heteroatoms. The molecule has 2 amide bonds. The first kappa shape index (κ1) is 15.4. The van der Waals surface area contributed by atoms with Crippen LogP contribution >= 0.6 is 0 Å². The Labute approximate surface area is 116 Å². The zero-order valence-corrected chi connectivity index (χ0v) is 12.7. The number of urea groups is 1. The number of aliphatic imine (C=N–C) groups is 1. The molecule has 0 saturated carbocycles. The standard InChI is InChI=1S/C16H24N2O/c1-15(2,3)13(12-10-8-7-9-11-12)17-14(19)18-16(4,5)6/h7-11H,1-6H3,(H,18,19)/b17-13-. The van der Waals surface area contributed by atoms with Crippen LogP contribution in [0, 0.1) is 5.41 Å². The molecule has 0 aliphatic rings. The van der Waals surface area contributed by atoms with Crippen molar-refractivity contribution in [3.8, 4) is 0 Å². The highest BCUT2D eigenvalue weighted by Crippen LogP contribution is 2.22. The molecule has 0 radical (unpaired) electrons. The van der Waals surface area contributed by atoms with E-state index in [4.69, 9.17) is 0 Å². The Morgan fingerprint density at radius 3 is 1.95 bits per heavy atom. The molecule has 1 N–H and O–H groups in total. The van der Waals surface area contributed by atoms with Crippen LogP contribution in [0.1, 0.15) is 47.1 Å². The van der Waals surface area contributed by atoms with Crippen LogP contribution in [0.3, 0.4) is 0 Å². The minimum atomic E-state index is -0.290. The number of amides is 2. The van der Waals surface area contributed by atoms with E-state index < -0.39 is 0 Å². The number of benzene rings is 1. The van der Waals surface area contributed by atoms with Gasteiger partial charge in [0.1, 0.15) is 0 Å². The van der Waals surface area contributed by atoms with Crippen LogP contribution in [0.5, 0.6) is 0 Å². The molecule has 0 aliphatic heterocycles. The summed E-state index contributed by atoms with van der Waals surface area (Å²) in [6.07, 6.45) is 0. The van der Waals surface area contributed by atoms with Gasteiger partial charge in [-0.25, -0.2) is 4.79 Å². The van der Waals surface area contributed by atoms with Crippen molar-refractivity contribution in [3.63, 3.8) is 0 Å². The van der Waals surface area contributed by atoms with E-state index >= 15 is 0 Å². The Kier molecular flexibility index (Phi) is 4.51. The fraction of sp³-hybridized carbons (Fsp3) is 0.500. The van der Waals surface area contributed by atoms with Gasteiger partial charge in [-0.15, -0.1) is 0 Å². The van der Waals surface area contributed by atoms with Crippen molar-refractivity contribution in [2.45, 2.75) is 47.1 Å². The highest BCUT2D eigenvalue weighted by Gasteiger charge is 2.23. The first-order valence-corrected chi connectivity index (χ1v) is 6.56. The summed E-state index contributed by atoms with van der Waals surface area (Å²) in [7, 11) is 0. The minimum absolute atomic E-state index is 0.184. The lowest BCUT2D eigenvalue weighted by Gasteiger charge is -2.23. The van der Waals surface area contributed by atoms with Gasteiger partial charge in [-0.3, -0.25) is 0 Å². The molecule has 0 spiro atoms. The second-order valence-electron chi connectivity index (χ2n) is 6.76. The maximum absolute atomic E-state index is 12.0. The number of hydrogen-bond acceptors (Lipinski definition) is 1. The fourth-order valence-electron chi connectivity index (χ4n) is 1.71. The summed E-state index contributed by atoms with van der Waals surface area (Å²) in [6.45, 7) is 12.0. The Bertz CT molecular complexity index is 462. The predicted octanol–water partition coefficient (Wildman–Crippen LogP) is 4.03. The monoisotopic (exact) mass is 260 g/mol. The van der Waals surface area contributed by atoms with Crippen LogP contribution in [0.2, 0.25) is 0 Å². The summed E-state index contributed by atoms with van der Waals surface area (Å²) in [5, 5.41) is 2.87. The highest BCUT2D eigenvalue weighted by atomic mass is 16.2. The van der Waals surface area contributed by atoms with Crippen molar-refractivity contribution >= 4 is 11.7 Å². The number of carbonyl (C=O) groups is 1. The van der Waals surface area contributed by atoms with E-state index in [-0.39, 0.29) is 17.0 Å². The van der Waals surface area contributed by atoms with Crippen molar-refractivity contribution in [3.05, 3.63) is 35.9 Å². The first-order chi connectivity index (χ1) is 8.59. The topological polar surface area (TPSA) is 41.5 Å². The average Bonchev–Trinajstić information content (AvgIpc) is 2.23. The number of hydrogen-bond donors (Lipinski definition) is 1. The van der Waals surface area contributed by atoms with Crippen molar-refractivity contribution in [1.29, 1.82) is 0 Å². The van der Waals surface area contributed by atoms with Gasteiger partial charge < -0.3 is 5.32 Å². The minimum Gasteiger partial charge on any atom is -0.332 e. The zero-order chi connectivity index (χ0) is 14.7. The molecule has 19 heavy (non-hydrogen) atoms. The van der Waals surface area contributed by atoms with E-state index in [2.05, 4.69) is 31.1 Å². The van der Waals surface area contributed by atoms with Gasteiger partial charge in [-0.05, 0) is 26.3 Å². The molecule has 1 aromatic rings. The van der Waals surface area contributed by atoms with Crippen molar-refractivity contribution in [1.82, 2.24) is 5.32 Å². The number of carbonyl (C=O) groups excluding carboxylic acids is 1. The highest BCUT2D eigenvalue weighted by molar-refractivity contribution is 6.09.